The number of benzene rings is 2. The fraction of sp³-hybridized carbons (Fsp3) is 0.250. The smallest absolute Gasteiger partial charge is 0.412 e. The van der Waals surface area contributed by atoms with Crippen molar-refractivity contribution in [2.45, 2.75) is 32.9 Å². The Morgan fingerprint density at radius 3 is 2.63 bits per heavy atom. The Kier molecular flexibility index (Phi) is 5.41. The zero-order valence-corrected chi connectivity index (χ0v) is 16.2. The van der Waals surface area contributed by atoms with E-state index < -0.39 is 11.7 Å². The number of anilines is 1. The van der Waals surface area contributed by atoms with Crippen molar-refractivity contribution in [3.8, 4) is 0 Å². The molecule has 2 amide bonds. The third-order valence-corrected chi connectivity index (χ3v) is 4.54. The van der Waals surface area contributed by atoms with E-state index in [-0.39, 0.29) is 5.91 Å². The molecule has 0 aliphatic heterocycles. The van der Waals surface area contributed by atoms with Crippen molar-refractivity contribution in [1.82, 2.24) is 10.3 Å². The highest BCUT2D eigenvalue weighted by Gasteiger charge is 2.16. The summed E-state index contributed by atoms with van der Waals surface area (Å²) in [5.41, 5.74) is 1.29. The molecule has 0 aliphatic carbocycles. The highest BCUT2D eigenvalue weighted by atomic mass is 32.1. The van der Waals surface area contributed by atoms with Gasteiger partial charge in [0.15, 0.2) is 0 Å². The van der Waals surface area contributed by atoms with E-state index in [0.717, 1.165) is 15.2 Å². The summed E-state index contributed by atoms with van der Waals surface area (Å²) in [7, 11) is 0. The maximum atomic E-state index is 12.4. The number of hydrogen-bond acceptors (Lipinski definition) is 5. The SMILES string of the molecule is CC(C)(C)OC(=O)Nc1cccc(C(=O)NCc2nc3ccccc3s2)c1. The normalized spacial score (nSPS) is 11.2. The van der Waals surface area contributed by atoms with Gasteiger partial charge in [0, 0.05) is 11.3 Å². The van der Waals surface area contributed by atoms with Crippen LogP contribution in [0.25, 0.3) is 10.2 Å². The Morgan fingerprint density at radius 2 is 1.89 bits per heavy atom. The Morgan fingerprint density at radius 1 is 1.11 bits per heavy atom. The number of aromatic nitrogens is 1. The van der Waals surface area contributed by atoms with Gasteiger partial charge in [-0.3, -0.25) is 10.1 Å². The number of carbonyl (C=O) groups excluding carboxylic acids is 2. The van der Waals surface area contributed by atoms with E-state index >= 15 is 0 Å². The fourth-order valence-corrected chi connectivity index (χ4v) is 3.32. The number of amides is 2. The molecule has 0 bridgehead atoms. The Hall–Kier alpha value is -2.93. The van der Waals surface area contributed by atoms with Gasteiger partial charge in [0.2, 0.25) is 0 Å². The number of ether oxygens (including phenoxy) is 1. The van der Waals surface area contributed by atoms with Crippen LogP contribution in [0.2, 0.25) is 0 Å². The number of carbonyl (C=O) groups is 2. The maximum absolute atomic E-state index is 12.4. The van der Waals surface area contributed by atoms with Crippen LogP contribution in [0.15, 0.2) is 48.5 Å². The summed E-state index contributed by atoms with van der Waals surface area (Å²) in [4.78, 5) is 28.8. The Bertz CT molecular complexity index is 943. The highest BCUT2D eigenvalue weighted by Crippen LogP contribution is 2.21. The lowest BCUT2D eigenvalue weighted by Crippen LogP contribution is -2.27. The second-order valence-corrected chi connectivity index (χ2v) is 8.08. The molecule has 0 aliphatic rings. The maximum Gasteiger partial charge on any atom is 0.412 e. The number of fused-ring (bicyclic) bond motifs is 1. The van der Waals surface area contributed by atoms with Gasteiger partial charge in [-0.2, -0.15) is 0 Å². The number of para-hydroxylation sites is 1. The molecule has 0 atom stereocenters. The van der Waals surface area contributed by atoms with Gasteiger partial charge < -0.3 is 10.1 Å². The third kappa shape index (κ3) is 5.27. The van der Waals surface area contributed by atoms with Gasteiger partial charge in [-0.05, 0) is 51.1 Å². The summed E-state index contributed by atoms with van der Waals surface area (Å²) in [6.07, 6.45) is -0.561. The molecule has 6 nitrogen and oxygen atoms in total. The summed E-state index contributed by atoms with van der Waals surface area (Å²) >= 11 is 1.55. The lowest BCUT2D eigenvalue weighted by atomic mass is 10.2. The molecule has 0 saturated carbocycles. The third-order valence-electron chi connectivity index (χ3n) is 3.51. The minimum absolute atomic E-state index is 0.234. The van der Waals surface area contributed by atoms with Crippen molar-refractivity contribution in [2.75, 3.05) is 5.32 Å². The van der Waals surface area contributed by atoms with Crippen LogP contribution >= 0.6 is 11.3 Å². The van der Waals surface area contributed by atoms with E-state index in [1.807, 2.05) is 24.3 Å². The standard InChI is InChI=1S/C20H21N3O3S/c1-20(2,3)26-19(25)22-14-8-6-7-13(11-14)18(24)21-12-17-23-15-9-4-5-10-16(15)27-17/h4-11H,12H2,1-3H3,(H,21,24)(H,22,25). The number of hydrogen-bond donors (Lipinski definition) is 2. The molecule has 3 aromatic rings. The van der Waals surface area contributed by atoms with Crippen LogP contribution in [0.1, 0.15) is 36.1 Å². The molecule has 27 heavy (non-hydrogen) atoms. The van der Waals surface area contributed by atoms with Crippen molar-refractivity contribution in [3.63, 3.8) is 0 Å². The van der Waals surface area contributed by atoms with Gasteiger partial charge in [-0.1, -0.05) is 18.2 Å². The first-order valence-electron chi connectivity index (χ1n) is 8.53. The number of rotatable bonds is 4. The average molecular weight is 383 g/mol. The summed E-state index contributed by atoms with van der Waals surface area (Å²) in [6.45, 7) is 5.72. The van der Waals surface area contributed by atoms with Gasteiger partial charge in [-0.25, -0.2) is 9.78 Å². The summed E-state index contributed by atoms with van der Waals surface area (Å²) < 4.78 is 6.31. The van der Waals surface area contributed by atoms with Crippen LogP contribution < -0.4 is 10.6 Å². The first-order valence-corrected chi connectivity index (χ1v) is 9.34. The highest BCUT2D eigenvalue weighted by molar-refractivity contribution is 7.18. The Labute approximate surface area is 161 Å². The molecule has 2 N–H and O–H groups in total. The van der Waals surface area contributed by atoms with Crippen molar-refractivity contribution in [1.29, 1.82) is 0 Å². The second kappa shape index (κ2) is 7.75. The number of nitrogens with one attached hydrogen (secondary N) is 2. The predicted octanol–water partition coefficient (Wildman–Crippen LogP) is 4.57. The second-order valence-electron chi connectivity index (χ2n) is 6.97. The molecule has 0 saturated heterocycles. The van der Waals surface area contributed by atoms with Crippen molar-refractivity contribution in [3.05, 3.63) is 59.1 Å². The lowest BCUT2D eigenvalue weighted by Gasteiger charge is -2.19. The average Bonchev–Trinajstić information content (AvgIpc) is 3.01. The van der Waals surface area contributed by atoms with E-state index in [4.69, 9.17) is 4.74 Å². The zero-order chi connectivity index (χ0) is 19.4. The predicted molar refractivity (Wildman–Crippen MR) is 107 cm³/mol. The van der Waals surface area contributed by atoms with Crippen LogP contribution in [0.4, 0.5) is 10.5 Å². The van der Waals surface area contributed by atoms with Gasteiger partial charge in [0.25, 0.3) is 5.91 Å². The first-order chi connectivity index (χ1) is 12.8. The van der Waals surface area contributed by atoms with Gasteiger partial charge >= 0.3 is 6.09 Å². The monoisotopic (exact) mass is 383 g/mol. The van der Waals surface area contributed by atoms with Crippen LogP contribution in [0.3, 0.4) is 0 Å². The van der Waals surface area contributed by atoms with E-state index in [1.165, 1.54) is 0 Å². The van der Waals surface area contributed by atoms with Crippen molar-refractivity contribution < 1.29 is 14.3 Å². The molecule has 2 aromatic carbocycles. The zero-order valence-electron chi connectivity index (χ0n) is 15.4. The molecule has 0 fully saturated rings. The first kappa shape index (κ1) is 18.8. The van der Waals surface area contributed by atoms with Gasteiger partial charge in [0.1, 0.15) is 10.6 Å². The van der Waals surface area contributed by atoms with Crippen LogP contribution in [-0.2, 0) is 11.3 Å². The van der Waals surface area contributed by atoms with E-state index in [0.29, 0.717) is 17.8 Å². The van der Waals surface area contributed by atoms with Crippen molar-refractivity contribution >= 4 is 39.2 Å². The van der Waals surface area contributed by atoms with Crippen molar-refractivity contribution in [2.24, 2.45) is 0 Å². The number of thiazole rings is 1. The topological polar surface area (TPSA) is 80.3 Å². The molecule has 0 spiro atoms. The molecule has 7 heteroatoms. The van der Waals surface area contributed by atoms with E-state index in [1.54, 1.807) is 56.4 Å². The summed E-state index contributed by atoms with van der Waals surface area (Å²) in [5, 5.41) is 6.33. The quantitative estimate of drug-likeness (QED) is 0.691. The summed E-state index contributed by atoms with van der Waals surface area (Å²) in [5.74, 6) is -0.234. The molecule has 0 unspecified atom stereocenters. The van der Waals surface area contributed by atoms with Crippen LogP contribution in [-0.4, -0.2) is 22.6 Å². The van der Waals surface area contributed by atoms with Crippen LogP contribution in [0.5, 0.6) is 0 Å². The molecule has 1 aromatic heterocycles. The van der Waals surface area contributed by atoms with E-state index in [9.17, 15) is 9.59 Å². The molecular weight excluding hydrogens is 362 g/mol. The minimum Gasteiger partial charge on any atom is -0.444 e. The minimum atomic E-state index is -0.587. The van der Waals surface area contributed by atoms with Crippen LogP contribution in [0, 0.1) is 0 Å². The summed E-state index contributed by atoms with van der Waals surface area (Å²) in [6, 6.07) is 14.6. The largest absolute Gasteiger partial charge is 0.444 e. The molecular formula is C20H21N3O3S. The Balaban J connectivity index is 1.62. The molecule has 0 radical (unpaired) electrons. The fourth-order valence-electron chi connectivity index (χ4n) is 2.41. The van der Waals surface area contributed by atoms with Gasteiger partial charge in [0.05, 0.1) is 16.8 Å². The van der Waals surface area contributed by atoms with E-state index in [2.05, 4.69) is 15.6 Å². The molecule has 3 rings (SSSR count). The molecule has 140 valence electrons. The lowest BCUT2D eigenvalue weighted by molar-refractivity contribution is 0.0635. The number of nitrogens with zero attached hydrogens (tertiary/aromatic N) is 1. The van der Waals surface area contributed by atoms with Gasteiger partial charge in [-0.15, -0.1) is 11.3 Å². The molecule has 1 heterocycles.